The van der Waals surface area contributed by atoms with E-state index in [9.17, 15) is 0 Å². The zero-order chi connectivity index (χ0) is 37.1. The molecule has 12 rings (SSSR count). The van der Waals surface area contributed by atoms with Crippen LogP contribution in [0.5, 0.6) is 0 Å². The smallest absolute Gasteiger partial charge is 0.0547 e. The largest absolute Gasteiger partial charge is 0.310 e. The zero-order valence-electron chi connectivity index (χ0n) is 31.1. The van der Waals surface area contributed by atoms with E-state index < -0.39 is 0 Å². The Morgan fingerprint density at radius 1 is 0.429 bits per heavy atom. The number of nitrogens with zero attached hydrogens (tertiary/aromatic N) is 2. The van der Waals surface area contributed by atoms with Crippen molar-refractivity contribution < 1.29 is 0 Å². The van der Waals surface area contributed by atoms with Gasteiger partial charge in [-0.3, -0.25) is 0 Å². The molecule has 0 unspecified atom stereocenters. The van der Waals surface area contributed by atoms with Crippen LogP contribution < -0.4 is 4.90 Å². The molecule has 56 heavy (non-hydrogen) atoms. The third-order valence-electron chi connectivity index (χ3n) is 12.3. The first-order valence-corrected chi connectivity index (χ1v) is 20.2. The Hall–Kier alpha value is -6.68. The second-order valence-corrected chi connectivity index (χ2v) is 16.8. The van der Waals surface area contributed by atoms with E-state index in [1.807, 2.05) is 11.3 Å². The quantitative estimate of drug-likeness (QED) is 0.175. The van der Waals surface area contributed by atoms with Gasteiger partial charge in [0.15, 0.2) is 0 Å². The minimum atomic E-state index is -0.222. The molecule has 0 aliphatic heterocycles. The Kier molecular flexibility index (Phi) is 6.59. The summed E-state index contributed by atoms with van der Waals surface area (Å²) in [4.78, 5) is 2.47. The first kappa shape index (κ1) is 31.6. The molecule has 11 aromatic rings. The van der Waals surface area contributed by atoms with Gasteiger partial charge in [-0.1, -0.05) is 123 Å². The van der Waals surface area contributed by atoms with Gasteiger partial charge < -0.3 is 9.47 Å². The highest BCUT2D eigenvalue weighted by Crippen LogP contribution is 2.52. The fourth-order valence-corrected chi connectivity index (χ4v) is 10.7. The van der Waals surface area contributed by atoms with Crippen LogP contribution in [-0.2, 0) is 5.41 Å². The molecule has 9 aromatic carbocycles. The van der Waals surface area contributed by atoms with E-state index in [1.54, 1.807) is 0 Å². The predicted molar refractivity (Wildman–Crippen MR) is 241 cm³/mol. The van der Waals surface area contributed by atoms with Crippen LogP contribution in [0.4, 0.5) is 17.1 Å². The third kappa shape index (κ3) is 4.49. The lowest BCUT2D eigenvalue weighted by Gasteiger charge is -2.29. The van der Waals surface area contributed by atoms with Gasteiger partial charge in [-0.15, -0.1) is 11.3 Å². The summed E-state index contributed by atoms with van der Waals surface area (Å²) >= 11 is 1.87. The van der Waals surface area contributed by atoms with E-state index in [0.717, 1.165) is 11.4 Å². The molecular weight excluding hydrogens is 697 g/mol. The molecule has 0 fully saturated rings. The Balaban J connectivity index is 1.04. The van der Waals surface area contributed by atoms with Crippen molar-refractivity contribution >= 4 is 91.9 Å². The molecule has 0 bridgehead atoms. The summed E-state index contributed by atoms with van der Waals surface area (Å²) in [5.41, 5.74) is 12.3. The van der Waals surface area contributed by atoms with Crippen molar-refractivity contribution in [3.05, 3.63) is 193 Å². The molecule has 2 heterocycles. The van der Waals surface area contributed by atoms with Crippen LogP contribution in [0.1, 0.15) is 25.0 Å². The summed E-state index contributed by atoms with van der Waals surface area (Å²) in [6.07, 6.45) is 0. The van der Waals surface area contributed by atoms with Crippen LogP contribution >= 0.6 is 11.3 Å². The summed E-state index contributed by atoms with van der Waals surface area (Å²) in [6, 6.07) is 67.7. The monoisotopic (exact) mass is 732 g/mol. The zero-order valence-corrected chi connectivity index (χ0v) is 31.9. The molecule has 0 spiro atoms. The number of benzene rings is 9. The van der Waals surface area contributed by atoms with E-state index in [1.165, 1.54) is 97.2 Å². The van der Waals surface area contributed by atoms with Crippen LogP contribution in [-0.4, -0.2) is 4.57 Å². The number of fused-ring (bicyclic) bond motifs is 11. The van der Waals surface area contributed by atoms with Gasteiger partial charge in [0, 0.05) is 58.8 Å². The van der Waals surface area contributed by atoms with Crippen LogP contribution in [0.25, 0.3) is 80.3 Å². The molecule has 0 radical (unpaired) electrons. The Morgan fingerprint density at radius 2 is 1.05 bits per heavy atom. The van der Waals surface area contributed by atoms with Gasteiger partial charge in [-0.05, 0) is 111 Å². The Labute approximate surface area is 329 Å². The average Bonchev–Trinajstić information content (AvgIpc) is 3.85. The lowest BCUT2D eigenvalue weighted by Crippen LogP contribution is -2.17. The van der Waals surface area contributed by atoms with E-state index >= 15 is 0 Å². The van der Waals surface area contributed by atoms with Crippen molar-refractivity contribution in [1.82, 2.24) is 4.57 Å². The minimum Gasteiger partial charge on any atom is -0.310 e. The standard InChI is InChI=1S/C53H36N2S/c1-53(2)46-31-37(54(48-20-11-15-33-12-5-6-16-39(33)48)36-24-27-52-45(30-36)43-18-8-10-21-51(43)56-52)22-25-40(46)41-26-23-38(32-47(41)53)55-49-19-9-7-17-42(49)44-28-34-13-3-4-14-35(34)29-50(44)55/h3-32H,1-2H3. The van der Waals surface area contributed by atoms with Gasteiger partial charge in [0.25, 0.3) is 0 Å². The highest BCUT2D eigenvalue weighted by atomic mass is 32.1. The van der Waals surface area contributed by atoms with Gasteiger partial charge in [0.2, 0.25) is 0 Å². The van der Waals surface area contributed by atoms with Gasteiger partial charge in [-0.2, -0.15) is 0 Å². The number of aromatic nitrogens is 1. The lowest BCUT2D eigenvalue weighted by atomic mass is 9.82. The molecule has 2 nitrogen and oxygen atoms in total. The molecule has 1 aliphatic carbocycles. The molecule has 0 N–H and O–H groups in total. The maximum atomic E-state index is 2.47. The van der Waals surface area contributed by atoms with Crippen molar-refractivity contribution in [1.29, 1.82) is 0 Å². The normalized spacial score (nSPS) is 13.3. The van der Waals surface area contributed by atoms with Crippen LogP contribution in [0, 0.1) is 0 Å². The van der Waals surface area contributed by atoms with Gasteiger partial charge in [-0.25, -0.2) is 0 Å². The lowest BCUT2D eigenvalue weighted by molar-refractivity contribution is 0.660. The number of anilines is 3. The highest BCUT2D eigenvalue weighted by molar-refractivity contribution is 7.25. The number of hydrogen-bond donors (Lipinski definition) is 0. The number of hydrogen-bond acceptors (Lipinski definition) is 2. The number of thiophene rings is 1. The van der Waals surface area contributed by atoms with Crippen molar-refractivity contribution in [2.24, 2.45) is 0 Å². The van der Waals surface area contributed by atoms with Crippen molar-refractivity contribution in [3.8, 4) is 16.8 Å². The predicted octanol–water partition coefficient (Wildman–Crippen LogP) is 15.2. The number of para-hydroxylation sites is 1. The van der Waals surface area contributed by atoms with E-state index in [0.29, 0.717) is 0 Å². The second-order valence-electron chi connectivity index (χ2n) is 15.8. The van der Waals surface area contributed by atoms with Crippen LogP contribution in [0.2, 0.25) is 0 Å². The average molecular weight is 733 g/mol. The molecule has 0 saturated carbocycles. The first-order chi connectivity index (χ1) is 27.5. The Bertz CT molecular complexity index is 3410. The number of rotatable bonds is 4. The maximum absolute atomic E-state index is 2.47. The summed E-state index contributed by atoms with van der Waals surface area (Å²) in [6.45, 7) is 4.80. The van der Waals surface area contributed by atoms with Crippen LogP contribution in [0.3, 0.4) is 0 Å². The van der Waals surface area contributed by atoms with Crippen LogP contribution in [0.15, 0.2) is 182 Å². The van der Waals surface area contributed by atoms with E-state index in [2.05, 4.69) is 205 Å². The minimum absolute atomic E-state index is 0.222. The summed E-state index contributed by atoms with van der Waals surface area (Å²) in [5, 5.41) is 10.2. The highest BCUT2D eigenvalue weighted by Gasteiger charge is 2.37. The fraction of sp³-hybridized carbons (Fsp3) is 0.0566. The van der Waals surface area contributed by atoms with E-state index in [-0.39, 0.29) is 5.41 Å². The first-order valence-electron chi connectivity index (χ1n) is 19.4. The van der Waals surface area contributed by atoms with Crippen molar-refractivity contribution in [3.63, 3.8) is 0 Å². The molecule has 0 saturated heterocycles. The summed E-state index contributed by atoms with van der Waals surface area (Å²) in [7, 11) is 0. The second kappa shape index (κ2) is 11.7. The van der Waals surface area contributed by atoms with Gasteiger partial charge in [0.05, 0.1) is 16.7 Å². The maximum Gasteiger partial charge on any atom is 0.0547 e. The fourth-order valence-electron chi connectivity index (χ4n) is 9.61. The molecule has 1 aliphatic rings. The molecule has 264 valence electrons. The van der Waals surface area contributed by atoms with Gasteiger partial charge >= 0.3 is 0 Å². The molecule has 0 atom stereocenters. The molecule has 0 amide bonds. The summed E-state index contributed by atoms with van der Waals surface area (Å²) < 4.78 is 5.10. The molecule has 2 aromatic heterocycles. The SMILES string of the molecule is CC1(C)c2cc(N(c3ccc4sc5ccccc5c4c3)c3cccc4ccccc34)ccc2-c2ccc(-n3c4ccccc4c4cc5ccccc5cc43)cc21. The topological polar surface area (TPSA) is 8.17 Å². The van der Waals surface area contributed by atoms with Crippen molar-refractivity contribution in [2.45, 2.75) is 19.3 Å². The summed E-state index contributed by atoms with van der Waals surface area (Å²) in [5.74, 6) is 0. The molecular formula is C53H36N2S. The molecule has 3 heteroatoms. The van der Waals surface area contributed by atoms with Crippen molar-refractivity contribution in [2.75, 3.05) is 4.90 Å². The van der Waals surface area contributed by atoms with Gasteiger partial charge in [0.1, 0.15) is 0 Å². The van der Waals surface area contributed by atoms with E-state index in [4.69, 9.17) is 0 Å². The Morgan fingerprint density at radius 3 is 1.91 bits per heavy atom. The third-order valence-corrected chi connectivity index (χ3v) is 13.5.